The zero-order chi connectivity index (χ0) is 19.8. The second kappa shape index (κ2) is 9.28. The lowest BCUT2D eigenvalue weighted by Gasteiger charge is -2.12. The van der Waals surface area contributed by atoms with Crippen LogP contribution in [0.5, 0.6) is 5.75 Å². The Morgan fingerprint density at radius 1 is 0.852 bits per heavy atom. The molecule has 0 heterocycles. The highest BCUT2D eigenvalue weighted by molar-refractivity contribution is 6.07. The number of carbonyl (C=O) groups is 4. The predicted molar refractivity (Wildman–Crippen MR) is 101 cm³/mol. The Labute approximate surface area is 156 Å². The summed E-state index contributed by atoms with van der Waals surface area (Å²) in [6.45, 7) is 2.70. The van der Waals surface area contributed by atoms with E-state index in [0.717, 1.165) is 0 Å². The molecule has 0 aliphatic rings. The minimum atomic E-state index is -0.480. The van der Waals surface area contributed by atoms with Crippen molar-refractivity contribution in [1.82, 2.24) is 0 Å². The van der Waals surface area contributed by atoms with Crippen molar-refractivity contribution in [1.29, 1.82) is 0 Å². The van der Waals surface area contributed by atoms with Crippen LogP contribution in [0.3, 0.4) is 0 Å². The molecular weight excluding hydrogens is 348 g/mol. The van der Waals surface area contributed by atoms with Gasteiger partial charge in [-0.1, -0.05) is 18.2 Å². The van der Waals surface area contributed by atoms with Gasteiger partial charge in [0.05, 0.1) is 11.4 Å². The van der Waals surface area contributed by atoms with Crippen molar-refractivity contribution in [3.8, 4) is 5.75 Å². The van der Waals surface area contributed by atoms with Crippen LogP contribution >= 0.6 is 0 Å². The molecule has 7 nitrogen and oxygen atoms in total. The first-order valence-electron chi connectivity index (χ1n) is 8.33. The summed E-state index contributed by atoms with van der Waals surface area (Å²) in [4.78, 5) is 46.5. The Morgan fingerprint density at radius 2 is 1.52 bits per heavy atom. The number of benzene rings is 2. The highest BCUT2D eigenvalue weighted by Gasteiger charge is 2.12. The molecule has 0 saturated heterocycles. The van der Waals surface area contributed by atoms with E-state index in [2.05, 4.69) is 10.6 Å². The first-order valence-corrected chi connectivity index (χ1v) is 8.33. The number of esters is 1. The molecule has 0 aliphatic heterocycles. The number of anilines is 2. The van der Waals surface area contributed by atoms with Crippen LogP contribution in [-0.2, 0) is 14.4 Å². The minimum Gasteiger partial charge on any atom is -0.427 e. The number of ketones is 1. The van der Waals surface area contributed by atoms with Crippen LogP contribution in [0, 0.1) is 0 Å². The molecule has 7 heteroatoms. The Bertz CT molecular complexity index is 876. The fourth-order valence-electron chi connectivity index (χ4n) is 2.26. The van der Waals surface area contributed by atoms with E-state index in [1.807, 2.05) is 0 Å². The molecule has 2 rings (SSSR count). The molecule has 0 spiro atoms. The van der Waals surface area contributed by atoms with Crippen molar-refractivity contribution in [3.05, 3.63) is 54.1 Å². The molecule has 2 aromatic carbocycles. The first kappa shape index (κ1) is 19.8. The number of hydrogen-bond donors (Lipinski definition) is 2. The number of nitrogens with one attached hydrogen (secondary N) is 2. The molecule has 27 heavy (non-hydrogen) atoms. The number of ether oxygens (including phenoxy) is 1. The van der Waals surface area contributed by atoms with Crippen molar-refractivity contribution in [3.63, 3.8) is 0 Å². The molecule has 0 bridgehead atoms. The molecule has 2 amide bonds. The molecule has 0 aliphatic carbocycles. The fourth-order valence-corrected chi connectivity index (χ4v) is 2.26. The van der Waals surface area contributed by atoms with Gasteiger partial charge in [-0.05, 0) is 37.3 Å². The maximum atomic E-state index is 12.5. The maximum Gasteiger partial charge on any atom is 0.308 e. The predicted octanol–water partition coefficient (Wildman–Crippen LogP) is 3.17. The Hall–Kier alpha value is -3.48. The van der Waals surface area contributed by atoms with Gasteiger partial charge < -0.3 is 20.2 Å². The molecule has 2 N–H and O–H groups in total. The summed E-state index contributed by atoms with van der Waals surface area (Å²) in [5.41, 5.74) is 1.14. The summed E-state index contributed by atoms with van der Waals surface area (Å²) in [7, 11) is 0. The molecule has 0 unspecified atom stereocenters. The number of Topliss-reactive ketones (excluding diaryl/α,β-unsaturated/α-hetero) is 1. The van der Waals surface area contributed by atoms with Crippen molar-refractivity contribution in [2.24, 2.45) is 0 Å². The molecule has 2 aromatic rings. The summed E-state index contributed by atoms with van der Waals surface area (Å²) in [5, 5.41) is 5.40. The summed E-state index contributed by atoms with van der Waals surface area (Å²) in [6, 6.07) is 12.9. The van der Waals surface area contributed by atoms with Gasteiger partial charge in [-0.25, -0.2) is 0 Å². The van der Waals surface area contributed by atoms with E-state index in [4.69, 9.17) is 4.74 Å². The highest BCUT2D eigenvalue weighted by atomic mass is 16.5. The van der Waals surface area contributed by atoms with Crippen molar-refractivity contribution < 1.29 is 23.9 Å². The lowest BCUT2D eigenvalue weighted by Crippen LogP contribution is -2.17. The van der Waals surface area contributed by atoms with E-state index in [9.17, 15) is 19.2 Å². The zero-order valence-corrected chi connectivity index (χ0v) is 15.1. The third-order valence-electron chi connectivity index (χ3n) is 3.51. The van der Waals surface area contributed by atoms with Crippen LogP contribution < -0.4 is 15.4 Å². The summed E-state index contributed by atoms with van der Waals surface area (Å²) in [5.74, 6) is -1.02. The van der Waals surface area contributed by atoms with E-state index in [0.29, 0.717) is 16.9 Å². The van der Waals surface area contributed by atoms with Gasteiger partial charge in [0.2, 0.25) is 5.91 Å². The van der Waals surface area contributed by atoms with Gasteiger partial charge in [-0.2, -0.15) is 0 Å². The number of para-hydroxylation sites is 2. The fraction of sp³-hybridized carbons (Fsp3) is 0.200. The van der Waals surface area contributed by atoms with Crippen LogP contribution in [0.1, 0.15) is 37.0 Å². The van der Waals surface area contributed by atoms with Gasteiger partial charge in [0.25, 0.3) is 5.91 Å². The van der Waals surface area contributed by atoms with Gasteiger partial charge in [-0.3, -0.25) is 14.4 Å². The van der Waals surface area contributed by atoms with E-state index >= 15 is 0 Å². The molecule has 140 valence electrons. The van der Waals surface area contributed by atoms with Crippen LogP contribution in [0.25, 0.3) is 0 Å². The highest BCUT2D eigenvalue weighted by Crippen LogP contribution is 2.23. The van der Waals surface area contributed by atoms with Gasteiger partial charge in [0, 0.05) is 25.3 Å². The molecule has 0 aromatic heterocycles. The molecule has 0 saturated carbocycles. The van der Waals surface area contributed by atoms with Crippen LogP contribution in [0.4, 0.5) is 11.4 Å². The Balaban J connectivity index is 2.11. The standard InChI is InChI=1S/C20H20N2O5/c1-13(23)10-11-19(25)21-17-8-3-4-9-18(17)22-20(26)15-6-5-7-16(12-15)27-14(2)24/h3-9,12H,10-11H2,1-2H3,(H,21,25)(H,22,26). The van der Waals surface area contributed by atoms with E-state index in [1.165, 1.54) is 19.9 Å². The van der Waals surface area contributed by atoms with E-state index in [1.54, 1.807) is 42.5 Å². The second-order valence-corrected chi connectivity index (χ2v) is 5.87. The van der Waals surface area contributed by atoms with Crippen molar-refractivity contribution in [2.75, 3.05) is 10.6 Å². The number of carbonyl (C=O) groups excluding carboxylic acids is 4. The second-order valence-electron chi connectivity index (χ2n) is 5.87. The summed E-state index contributed by atoms with van der Waals surface area (Å²) < 4.78 is 4.97. The van der Waals surface area contributed by atoms with Crippen LogP contribution in [0.2, 0.25) is 0 Å². The van der Waals surface area contributed by atoms with E-state index < -0.39 is 11.9 Å². The maximum absolute atomic E-state index is 12.5. The molecule has 0 atom stereocenters. The van der Waals surface area contributed by atoms with Gasteiger partial charge >= 0.3 is 5.97 Å². The molecule has 0 fully saturated rings. The topological polar surface area (TPSA) is 102 Å². The number of rotatable bonds is 7. The Morgan fingerprint density at radius 3 is 2.15 bits per heavy atom. The van der Waals surface area contributed by atoms with Gasteiger partial charge in [0.15, 0.2) is 0 Å². The van der Waals surface area contributed by atoms with Gasteiger partial charge in [0.1, 0.15) is 11.5 Å². The first-order chi connectivity index (χ1) is 12.8. The van der Waals surface area contributed by atoms with E-state index in [-0.39, 0.29) is 30.3 Å². The van der Waals surface area contributed by atoms with Crippen molar-refractivity contribution in [2.45, 2.75) is 26.7 Å². The van der Waals surface area contributed by atoms with Crippen LogP contribution in [0.15, 0.2) is 48.5 Å². The zero-order valence-electron chi connectivity index (χ0n) is 15.1. The van der Waals surface area contributed by atoms with Gasteiger partial charge in [-0.15, -0.1) is 0 Å². The third-order valence-corrected chi connectivity index (χ3v) is 3.51. The summed E-state index contributed by atoms with van der Waals surface area (Å²) in [6.07, 6.45) is 0.228. The molecule has 0 radical (unpaired) electrons. The largest absolute Gasteiger partial charge is 0.427 e. The monoisotopic (exact) mass is 368 g/mol. The number of amides is 2. The minimum absolute atomic E-state index is 0.0700. The lowest BCUT2D eigenvalue weighted by molar-refractivity contribution is -0.131. The molecular formula is C20H20N2O5. The quantitative estimate of drug-likeness (QED) is 0.577. The third kappa shape index (κ3) is 6.39. The average Bonchev–Trinajstić information content (AvgIpc) is 2.61. The average molecular weight is 368 g/mol. The smallest absolute Gasteiger partial charge is 0.308 e. The SMILES string of the molecule is CC(=O)CCC(=O)Nc1ccccc1NC(=O)c1cccc(OC(C)=O)c1. The normalized spacial score (nSPS) is 10.0. The summed E-state index contributed by atoms with van der Waals surface area (Å²) >= 11 is 0. The van der Waals surface area contributed by atoms with Crippen LogP contribution in [-0.4, -0.2) is 23.6 Å². The Kier molecular flexibility index (Phi) is 6.82. The lowest BCUT2D eigenvalue weighted by atomic mass is 10.2. The van der Waals surface area contributed by atoms with Crippen molar-refractivity contribution >= 4 is 34.9 Å². The number of hydrogen-bond acceptors (Lipinski definition) is 5.